The molecule has 0 saturated heterocycles. The Morgan fingerprint density at radius 2 is 2.21 bits per heavy atom. The predicted molar refractivity (Wildman–Crippen MR) is 54.1 cm³/mol. The summed E-state index contributed by atoms with van der Waals surface area (Å²) in [6.45, 7) is 3.56. The Bertz CT molecular complexity index is 181. The van der Waals surface area contributed by atoms with Gasteiger partial charge < -0.3 is 21.1 Å². The average Bonchev–Trinajstić information content (AvgIpc) is 2.87. The van der Waals surface area contributed by atoms with Crippen LogP contribution in [-0.4, -0.2) is 42.9 Å². The van der Waals surface area contributed by atoms with E-state index in [-0.39, 0.29) is 12.1 Å². The first-order chi connectivity index (χ1) is 6.68. The number of rotatable bonds is 6. The lowest BCUT2D eigenvalue weighted by molar-refractivity contribution is 0.191. The number of aliphatic hydroxyl groups excluding tert-OH is 1. The van der Waals surface area contributed by atoms with E-state index in [0.29, 0.717) is 25.7 Å². The fraction of sp³-hybridized carbons (Fsp3) is 0.889. The summed E-state index contributed by atoms with van der Waals surface area (Å²) in [7, 11) is 0. The van der Waals surface area contributed by atoms with Crippen molar-refractivity contribution < 1.29 is 9.90 Å². The molecule has 1 fully saturated rings. The zero-order valence-electron chi connectivity index (χ0n) is 8.55. The van der Waals surface area contributed by atoms with Crippen LogP contribution < -0.4 is 16.0 Å². The second-order valence-electron chi connectivity index (χ2n) is 3.73. The molecule has 0 aromatic rings. The van der Waals surface area contributed by atoms with Crippen molar-refractivity contribution in [2.24, 2.45) is 0 Å². The fourth-order valence-electron chi connectivity index (χ4n) is 1.04. The molecule has 1 unspecified atom stereocenters. The lowest BCUT2D eigenvalue weighted by Gasteiger charge is -2.08. The highest BCUT2D eigenvalue weighted by atomic mass is 16.3. The first-order valence-electron chi connectivity index (χ1n) is 5.11. The van der Waals surface area contributed by atoms with E-state index >= 15 is 0 Å². The van der Waals surface area contributed by atoms with Gasteiger partial charge in [0, 0.05) is 25.7 Å². The number of aliphatic hydroxyl groups is 1. The van der Waals surface area contributed by atoms with Gasteiger partial charge in [0.05, 0.1) is 6.10 Å². The monoisotopic (exact) mass is 201 g/mol. The van der Waals surface area contributed by atoms with Gasteiger partial charge in [-0.25, -0.2) is 4.79 Å². The summed E-state index contributed by atoms with van der Waals surface area (Å²) in [5.74, 6) is 0. The van der Waals surface area contributed by atoms with Crippen molar-refractivity contribution in [2.45, 2.75) is 31.9 Å². The van der Waals surface area contributed by atoms with Gasteiger partial charge >= 0.3 is 6.03 Å². The highest BCUT2D eigenvalue weighted by Crippen LogP contribution is 2.17. The molecule has 82 valence electrons. The molecule has 1 rings (SSSR count). The van der Waals surface area contributed by atoms with Crippen molar-refractivity contribution in [3.05, 3.63) is 0 Å². The molecule has 4 N–H and O–H groups in total. The molecular formula is C9H19N3O2. The number of hydrogen-bond acceptors (Lipinski definition) is 3. The smallest absolute Gasteiger partial charge is 0.315 e. The van der Waals surface area contributed by atoms with Crippen LogP contribution in [0.1, 0.15) is 19.8 Å². The van der Waals surface area contributed by atoms with Crippen molar-refractivity contribution >= 4 is 6.03 Å². The number of nitrogens with one attached hydrogen (secondary N) is 3. The van der Waals surface area contributed by atoms with Crippen LogP contribution in [0.15, 0.2) is 0 Å². The second-order valence-corrected chi connectivity index (χ2v) is 3.73. The summed E-state index contributed by atoms with van der Waals surface area (Å²) in [5.41, 5.74) is 0. The van der Waals surface area contributed by atoms with Crippen molar-refractivity contribution in [1.82, 2.24) is 16.0 Å². The Kier molecular flexibility index (Phi) is 4.69. The molecule has 0 aromatic heterocycles. The van der Waals surface area contributed by atoms with Crippen LogP contribution in [-0.2, 0) is 0 Å². The average molecular weight is 201 g/mol. The van der Waals surface area contributed by atoms with Gasteiger partial charge in [-0.3, -0.25) is 0 Å². The molecule has 1 aliphatic carbocycles. The Balaban J connectivity index is 1.84. The molecule has 5 nitrogen and oxygen atoms in total. The molecule has 0 spiro atoms. The van der Waals surface area contributed by atoms with Crippen molar-refractivity contribution in [3.8, 4) is 0 Å². The van der Waals surface area contributed by atoms with Crippen LogP contribution in [0.5, 0.6) is 0 Å². The molecule has 5 heteroatoms. The predicted octanol–water partition coefficient (Wildman–Crippen LogP) is -0.582. The zero-order valence-corrected chi connectivity index (χ0v) is 8.55. The van der Waals surface area contributed by atoms with Gasteiger partial charge in [0.15, 0.2) is 0 Å². The minimum Gasteiger partial charge on any atom is -0.392 e. The van der Waals surface area contributed by atoms with E-state index in [4.69, 9.17) is 5.11 Å². The molecule has 1 saturated carbocycles. The van der Waals surface area contributed by atoms with E-state index in [0.717, 1.165) is 12.8 Å². The lowest BCUT2D eigenvalue weighted by Crippen LogP contribution is -2.40. The minimum absolute atomic E-state index is 0.0913. The van der Waals surface area contributed by atoms with E-state index in [1.807, 2.05) is 0 Å². The maximum absolute atomic E-state index is 11.1. The minimum atomic E-state index is -0.338. The number of urea groups is 1. The van der Waals surface area contributed by atoms with E-state index in [1.165, 1.54) is 0 Å². The summed E-state index contributed by atoms with van der Waals surface area (Å²) < 4.78 is 0. The number of carbonyl (C=O) groups excluding carboxylic acids is 1. The van der Waals surface area contributed by atoms with Gasteiger partial charge in [-0.1, -0.05) is 0 Å². The van der Waals surface area contributed by atoms with Gasteiger partial charge in [-0.05, 0) is 19.8 Å². The van der Waals surface area contributed by atoms with Crippen molar-refractivity contribution in [2.75, 3.05) is 19.6 Å². The largest absolute Gasteiger partial charge is 0.392 e. The molecule has 0 aromatic carbocycles. The van der Waals surface area contributed by atoms with Crippen LogP contribution in [0.3, 0.4) is 0 Å². The molecule has 0 heterocycles. The third-order valence-electron chi connectivity index (χ3n) is 1.94. The topological polar surface area (TPSA) is 73.4 Å². The first kappa shape index (κ1) is 11.3. The Labute approximate surface area is 84.3 Å². The third kappa shape index (κ3) is 5.77. The molecular weight excluding hydrogens is 182 g/mol. The van der Waals surface area contributed by atoms with Crippen molar-refractivity contribution in [3.63, 3.8) is 0 Å². The Morgan fingerprint density at radius 3 is 2.79 bits per heavy atom. The summed E-state index contributed by atoms with van der Waals surface area (Å²) in [6, 6.07) is 0.312. The van der Waals surface area contributed by atoms with Crippen LogP contribution in [0.2, 0.25) is 0 Å². The van der Waals surface area contributed by atoms with E-state index < -0.39 is 0 Å². The standard InChI is InChI=1S/C9H19N3O2/c1-7(13)6-10-4-5-11-9(14)12-8-2-3-8/h7-8,10,13H,2-6H2,1H3,(H2,11,12,14). The highest BCUT2D eigenvalue weighted by molar-refractivity contribution is 5.74. The lowest BCUT2D eigenvalue weighted by atomic mass is 10.4. The second kappa shape index (κ2) is 5.82. The van der Waals surface area contributed by atoms with Crippen LogP contribution in [0, 0.1) is 0 Å². The van der Waals surface area contributed by atoms with E-state index in [1.54, 1.807) is 6.92 Å². The molecule has 0 aliphatic heterocycles. The highest BCUT2D eigenvalue weighted by Gasteiger charge is 2.22. The number of amides is 2. The van der Waals surface area contributed by atoms with Gasteiger partial charge in [0.1, 0.15) is 0 Å². The Hall–Kier alpha value is -0.810. The van der Waals surface area contributed by atoms with E-state index in [2.05, 4.69) is 16.0 Å². The molecule has 1 aliphatic rings. The van der Waals surface area contributed by atoms with Gasteiger partial charge in [-0.15, -0.1) is 0 Å². The summed E-state index contributed by atoms with van der Waals surface area (Å²) in [6.07, 6.45) is 1.87. The number of hydrogen-bond donors (Lipinski definition) is 4. The Morgan fingerprint density at radius 1 is 1.50 bits per heavy atom. The van der Waals surface area contributed by atoms with Crippen molar-refractivity contribution in [1.29, 1.82) is 0 Å². The molecule has 1 atom stereocenters. The van der Waals surface area contributed by atoms with Crippen LogP contribution in [0.25, 0.3) is 0 Å². The van der Waals surface area contributed by atoms with Crippen LogP contribution in [0.4, 0.5) is 4.79 Å². The summed E-state index contributed by atoms with van der Waals surface area (Å²) in [5, 5.41) is 17.5. The van der Waals surface area contributed by atoms with Crippen LogP contribution >= 0.6 is 0 Å². The third-order valence-corrected chi connectivity index (χ3v) is 1.94. The molecule has 14 heavy (non-hydrogen) atoms. The molecule has 0 bridgehead atoms. The fourth-order valence-corrected chi connectivity index (χ4v) is 1.04. The SMILES string of the molecule is CC(O)CNCCNC(=O)NC1CC1. The normalized spacial score (nSPS) is 17.6. The van der Waals surface area contributed by atoms with Gasteiger partial charge in [0.2, 0.25) is 0 Å². The first-order valence-corrected chi connectivity index (χ1v) is 5.11. The maximum atomic E-state index is 11.1. The summed E-state index contributed by atoms with van der Waals surface area (Å²) >= 11 is 0. The molecule has 2 amide bonds. The van der Waals surface area contributed by atoms with Gasteiger partial charge in [-0.2, -0.15) is 0 Å². The molecule has 0 radical (unpaired) electrons. The maximum Gasteiger partial charge on any atom is 0.315 e. The zero-order chi connectivity index (χ0) is 10.4. The number of carbonyl (C=O) groups is 1. The van der Waals surface area contributed by atoms with E-state index in [9.17, 15) is 4.79 Å². The summed E-state index contributed by atoms with van der Waals surface area (Å²) in [4.78, 5) is 11.1. The quantitative estimate of drug-likeness (QED) is 0.434. The van der Waals surface area contributed by atoms with Gasteiger partial charge in [0.25, 0.3) is 0 Å².